The molecule has 98 valence electrons. The summed E-state index contributed by atoms with van der Waals surface area (Å²) < 4.78 is 7.25. The van der Waals surface area contributed by atoms with E-state index in [0.29, 0.717) is 6.04 Å². The molecule has 0 aliphatic rings. The number of aromatic nitrogens is 2. The number of hydrazine groups is 1. The quantitative estimate of drug-likeness (QED) is 0.385. The Kier molecular flexibility index (Phi) is 6.84. The third kappa shape index (κ3) is 5.30. The van der Waals surface area contributed by atoms with E-state index in [-0.39, 0.29) is 0 Å². The summed E-state index contributed by atoms with van der Waals surface area (Å²) in [5.41, 5.74) is 4.09. The Bertz CT molecular complexity index is 300. The fourth-order valence-electron chi connectivity index (χ4n) is 1.79. The maximum atomic E-state index is 5.56. The van der Waals surface area contributed by atoms with Crippen molar-refractivity contribution < 1.29 is 4.74 Å². The van der Waals surface area contributed by atoms with Gasteiger partial charge in [0.2, 0.25) is 0 Å². The summed E-state index contributed by atoms with van der Waals surface area (Å²) in [5.74, 6) is 5.56. The third-order valence-corrected chi connectivity index (χ3v) is 2.77. The maximum Gasteiger partial charge on any atom is 0.0522 e. The Balaban J connectivity index is 2.30. The molecular formula is C12H24N4O. The molecule has 1 rings (SSSR count). The zero-order valence-electron chi connectivity index (χ0n) is 10.9. The Morgan fingerprint density at radius 3 is 2.94 bits per heavy atom. The van der Waals surface area contributed by atoms with Crippen LogP contribution in [-0.2, 0) is 17.7 Å². The average molecular weight is 240 g/mol. The molecule has 5 heteroatoms. The summed E-state index contributed by atoms with van der Waals surface area (Å²) in [7, 11) is 0. The molecule has 1 heterocycles. The van der Waals surface area contributed by atoms with Gasteiger partial charge in [-0.25, -0.2) is 0 Å². The smallest absolute Gasteiger partial charge is 0.0522 e. The highest BCUT2D eigenvalue weighted by atomic mass is 16.5. The van der Waals surface area contributed by atoms with Gasteiger partial charge in [0.15, 0.2) is 0 Å². The zero-order chi connectivity index (χ0) is 12.5. The summed E-state index contributed by atoms with van der Waals surface area (Å²) in [6.07, 6.45) is 6.96. The maximum absolute atomic E-state index is 5.56. The molecule has 17 heavy (non-hydrogen) atoms. The van der Waals surface area contributed by atoms with Crippen molar-refractivity contribution in [3.05, 3.63) is 18.0 Å². The van der Waals surface area contributed by atoms with Gasteiger partial charge in [0.25, 0.3) is 0 Å². The standard InChI is InChI=1S/C12H24N4O/c1-3-16-10-11(9-14-16)8-12(15-13)6-5-7-17-4-2/h9-10,12,15H,3-8,13H2,1-2H3. The lowest BCUT2D eigenvalue weighted by Crippen LogP contribution is -2.36. The van der Waals surface area contributed by atoms with E-state index in [4.69, 9.17) is 10.6 Å². The van der Waals surface area contributed by atoms with Crippen molar-refractivity contribution >= 4 is 0 Å². The molecular weight excluding hydrogens is 216 g/mol. The van der Waals surface area contributed by atoms with Crippen molar-refractivity contribution in [2.24, 2.45) is 5.84 Å². The van der Waals surface area contributed by atoms with Crippen LogP contribution in [0.1, 0.15) is 32.3 Å². The van der Waals surface area contributed by atoms with Crippen LogP contribution in [0.15, 0.2) is 12.4 Å². The van der Waals surface area contributed by atoms with Gasteiger partial charge in [-0.2, -0.15) is 5.10 Å². The summed E-state index contributed by atoms with van der Waals surface area (Å²) in [4.78, 5) is 0. The van der Waals surface area contributed by atoms with E-state index in [0.717, 1.165) is 39.0 Å². The molecule has 5 nitrogen and oxygen atoms in total. The van der Waals surface area contributed by atoms with Crippen molar-refractivity contribution in [1.29, 1.82) is 0 Å². The highest BCUT2D eigenvalue weighted by molar-refractivity contribution is 5.06. The summed E-state index contributed by atoms with van der Waals surface area (Å²) in [5, 5.41) is 4.26. The van der Waals surface area contributed by atoms with Crippen LogP contribution in [0.5, 0.6) is 0 Å². The lowest BCUT2D eigenvalue weighted by atomic mass is 10.1. The van der Waals surface area contributed by atoms with Gasteiger partial charge >= 0.3 is 0 Å². The van der Waals surface area contributed by atoms with Crippen molar-refractivity contribution in [3.63, 3.8) is 0 Å². The SMILES string of the molecule is CCOCCCC(Cc1cnn(CC)c1)NN. The Morgan fingerprint density at radius 1 is 1.53 bits per heavy atom. The minimum atomic E-state index is 0.296. The van der Waals surface area contributed by atoms with Crippen LogP contribution in [-0.4, -0.2) is 29.0 Å². The molecule has 0 aliphatic carbocycles. The number of rotatable bonds is 9. The number of nitrogens with one attached hydrogen (secondary N) is 1. The van der Waals surface area contributed by atoms with Gasteiger partial charge in [0, 0.05) is 32.0 Å². The fourth-order valence-corrected chi connectivity index (χ4v) is 1.79. The minimum Gasteiger partial charge on any atom is -0.382 e. The van der Waals surface area contributed by atoms with Gasteiger partial charge < -0.3 is 4.74 Å². The molecule has 1 aromatic rings. The lowest BCUT2D eigenvalue weighted by molar-refractivity contribution is 0.140. The topological polar surface area (TPSA) is 65.1 Å². The average Bonchev–Trinajstić information content (AvgIpc) is 2.80. The van der Waals surface area contributed by atoms with Crippen LogP contribution in [0.2, 0.25) is 0 Å². The van der Waals surface area contributed by atoms with Crippen LogP contribution in [0.25, 0.3) is 0 Å². The van der Waals surface area contributed by atoms with Crippen LogP contribution >= 0.6 is 0 Å². The largest absolute Gasteiger partial charge is 0.382 e. The molecule has 0 aliphatic heterocycles. The summed E-state index contributed by atoms with van der Waals surface area (Å²) >= 11 is 0. The first kappa shape index (κ1) is 14.2. The van der Waals surface area contributed by atoms with Crippen molar-refractivity contribution in [1.82, 2.24) is 15.2 Å². The van der Waals surface area contributed by atoms with Gasteiger partial charge in [-0.1, -0.05) is 0 Å². The van der Waals surface area contributed by atoms with Gasteiger partial charge in [0.1, 0.15) is 0 Å². The molecule has 0 bridgehead atoms. The normalized spacial score (nSPS) is 12.9. The Labute approximate surface area is 103 Å². The Morgan fingerprint density at radius 2 is 2.35 bits per heavy atom. The molecule has 0 radical (unpaired) electrons. The number of hydrogen-bond acceptors (Lipinski definition) is 4. The van der Waals surface area contributed by atoms with E-state index < -0.39 is 0 Å². The minimum absolute atomic E-state index is 0.296. The van der Waals surface area contributed by atoms with E-state index in [9.17, 15) is 0 Å². The van der Waals surface area contributed by atoms with Crippen LogP contribution in [0, 0.1) is 0 Å². The van der Waals surface area contributed by atoms with Crippen LogP contribution < -0.4 is 11.3 Å². The number of ether oxygens (including phenoxy) is 1. The number of nitrogens with two attached hydrogens (primary N) is 1. The van der Waals surface area contributed by atoms with E-state index >= 15 is 0 Å². The van der Waals surface area contributed by atoms with Crippen LogP contribution in [0.4, 0.5) is 0 Å². The Hall–Kier alpha value is -0.910. The first-order valence-corrected chi connectivity index (χ1v) is 6.35. The first-order chi connectivity index (χ1) is 8.30. The van der Waals surface area contributed by atoms with E-state index in [1.54, 1.807) is 0 Å². The second-order valence-corrected chi connectivity index (χ2v) is 4.11. The van der Waals surface area contributed by atoms with Crippen molar-refractivity contribution in [2.45, 2.75) is 45.7 Å². The predicted molar refractivity (Wildman–Crippen MR) is 68.4 cm³/mol. The molecule has 0 aromatic carbocycles. The molecule has 0 spiro atoms. The fraction of sp³-hybridized carbons (Fsp3) is 0.750. The summed E-state index contributed by atoms with van der Waals surface area (Å²) in [6.45, 7) is 6.59. The predicted octanol–water partition coefficient (Wildman–Crippen LogP) is 1.09. The van der Waals surface area contributed by atoms with E-state index in [1.807, 2.05) is 17.8 Å². The highest BCUT2D eigenvalue weighted by Gasteiger charge is 2.08. The van der Waals surface area contributed by atoms with Crippen molar-refractivity contribution in [2.75, 3.05) is 13.2 Å². The molecule has 0 saturated heterocycles. The molecule has 0 fully saturated rings. The van der Waals surface area contributed by atoms with Crippen LogP contribution in [0.3, 0.4) is 0 Å². The number of nitrogens with zero attached hydrogens (tertiary/aromatic N) is 2. The first-order valence-electron chi connectivity index (χ1n) is 6.35. The molecule has 0 saturated carbocycles. The van der Waals surface area contributed by atoms with Gasteiger partial charge in [0.05, 0.1) is 6.20 Å². The molecule has 0 amide bonds. The molecule has 1 atom stereocenters. The monoisotopic (exact) mass is 240 g/mol. The van der Waals surface area contributed by atoms with Gasteiger partial charge in [-0.15, -0.1) is 0 Å². The van der Waals surface area contributed by atoms with Gasteiger partial charge in [-0.3, -0.25) is 16.0 Å². The second-order valence-electron chi connectivity index (χ2n) is 4.11. The van der Waals surface area contributed by atoms with E-state index in [1.165, 1.54) is 5.56 Å². The third-order valence-electron chi connectivity index (χ3n) is 2.77. The zero-order valence-corrected chi connectivity index (χ0v) is 10.9. The number of aryl methyl sites for hydroxylation is 1. The highest BCUT2D eigenvalue weighted by Crippen LogP contribution is 2.06. The molecule has 1 aromatic heterocycles. The van der Waals surface area contributed by atoms with Gasteiger partial charge in [-0.05, 0) is 38.7 Å². The summed E-state index contributed by atoms with van der Waals surface area (Å²) in [6, 6.07) is 0.296. The van der Waals surface area contributed by atoms with E-state index in [2.05, 4.69) is 23.6 Å². The molecule has 1 unspecified atom stereocenters. The lowest BCUT2D eigenvalue weighted by Gasteiger charge is -2.14. The number of hydrogen-bond donors (Lipinski definition) is 2. The molecule has 3 N–H and O–H groups in total. The van der Waals surface area contributed by atoms with Crippen molar-refractivity contribution in [3.8, 4) is 0 Å². The second kappa shape index (κ2) is 8.22.